The van der Waals surface area contributed by atoms with Crippen molar-refractivity contribution in [3.05, 3.63) is 46.6 Å². The molecule has 0 amide bonds. The Hall–Kier alpha value is -2.84. The molecule has 2 aromatic heterocycles. The molecule has 3 rings (SSSR count). The predicted octanol–water partition coefficient (Wildman–Crippen LogP) is 3.75. The maximum Gasteiger partial charge on any atom is 0.348 e. The number of aryl methyl sites for hydroxylation is 1. The molecule has 0 saturated carbocycles. The van der Waals surface area contributed by atoms with E-state index in [1.165, 1.54) is 24.6 Å². The van der Waals surface area contributed by atoms with E-state index in [4.69, 9.17) is 9.47 Å². The third kappa shape index (κ3) is 4.12. The number of fused-ring (bicyclic) bond motifs is 1. The van der Waals surface area contributed by atoms with Gasteiger partial charge in [0.25, 0.3) is 0 Å². The first-order valence-corrected chi connectivity index (χ1v) is 9.11. The summed E-state index contributed by atoms with van der Waals surface area (Å²) in [5.41, 5.74) is 2.19. The Morgan fingerprint density at radius 2 is 1.89 bits per heavy atom. The summed E-state index contributed by atoms with van der Waals surface area (Å²) in [6.07, 6.45) is 1.45. The van der Waals surface area contributed by atoms with Crippen LogP contribution in [0.2, 0.25) is 0 Å². The number of hydrogen-bond donors (Lipinski definition) is 1. The third-order valence-corrected chi connectivity index (χ3v) is 5.17. The number of aromatic nitrogens is 2. The molecule has 0 aliphatic heterocycles. The molecule has 7 nitrogen and oxygen atoms in total. The van der Waals surface area contributed by atoms with Crippen LogP contribution in [0.3, 0.4) is 0 Å². The van der Waals surface area contributed by atoms with Crippen molar-refractivity contribution in [2.24, 2.45) is 0 Å². The van der Waals surface area contributed by atoms with Gasteiger partial charge in [0.2, 0.25) is 0 Å². The summed E-state index contributed by atoms with van der Waals surface area (Å²) in [4.78, 5) is 33.5. The summed E-state index contributed by atoms with van der Waals surface area (Å²) in [6.45, 7) is 3.92. The number of carbonyl (C=O) groups excluding carboxylic acids is 2. The van der Waals surface area contributed by atoms with Crippen LogP contribution in [0, 0.1) is 6.92 Å². The summed E-state index contributed by atoms with van der Waals surface area (Å²) in [7, 11) is 1.55. The van der Waals surface area contributed by atoms with Gasteiger partial charge in [0, 0.05) is 18.4 Å². The fraction of sp³-hybridized carbons (Fsp3) is 0.263. The Labute approximate surface area is 160 Å². The molecule has 0 atom stereocenters. The Morgan fingerprint density at radius 1 is 1.15 bits per heavy atom. The van der Waals surface area contributed by atoms with Gasteiger partial charge in [-0.05, 0) is 43.7 Å². The minimum absolute atomic E-state index is 0.0104. The molecule has 0 unspecified atom stereocenters. The molecule has 1 aromatic carbocycles. The van der Waals surface area contributed by atoms with E-state index in [-0.39, 0.29) is 12.4 Å². The number of anilines is 2. The number of esters is 1. The first-order chi connectivity index (χ1) is 13.0. The molecular weight excluding hydrogens is 366 g/mol. The Morgan fingerprint density at radius 3 is 2.56 bits per heavy atom. The van der Waals surface area contributed by atoms with Crippen LogP contribution in [0.25, 0.3) is 10.2 Å². The van der Waals surface area contributed by atoms with Crippen LogP contribution in [0.15, 0.2) is 30.6 Å². The van der Waals surface area contributed by atoms with Gasteiger partial charge in [0.05, 0.1) is 12.0 Å². The van der Waals surface area contributed by atoms with Crippen LogP contribution in [-0.2, 0) is 9.47 Å². The van der Waals surface area contributed by atoms with E-state index in [1.54, 1.807) is 19.2 Å². The van der Waals surface area contributed by atoms with Crippen molar-refractivity contribution in [3.63, 3.8) is 0 Å². The van der Waals surface area contributed by atoms with Crippen LogP contribution >= 0.6 is 11.3 Å². The zero-order valence-corrected chi connectivity index (χ0v) is 16.1. The molecule has 3 aromatic rings. The summed E-state index contributed by atoms with van der Waals surface area (Å²) >= 11 is 1.27. The highest BCUT2D eigenvalue weighted by atomic mass is 32.1. The van der Waals surface area contributed by atoms with E-state index in [9.17, 15) is 9.59 Å². The van der Waals surface area contributed by atoms with Gasteiger partial charge in [-0.1, -0.05) is 0 Å². The lowest BCUT2D eigenvalue weighted by molar-refractivity contribution is 0.0393. The van der Waals surface area contributed by atoms with Crippen molar-refractivity contribution in [1.82, 2.24) is 9.97 Å². The number of nitrogens with zero attached hydrogens (tertiary/aromatic N) is 2. The maximum atomic E-state index is 12.3. The molecule has 0 aliphatic rings. The van der Waals surface area contributed by atoms with Crippen molar-refractivity contribution in [2.45, 2.75) is 13.8 Å². The first-order valence-electron chi connectivity index (χ1n) is 8.29. The highest BCUT2D eigenvalue weighted by Gasteiger charge is 2.20. The zero-order chi connectivity index (χ0) is 19.4. The van der Waals surface area contributed by atoms with Crippen molar-refractivity contribution in [1.29, 1.82) is 0 Å². The fourth-order valence-corrected chi connectivity index (χ4v) is 3.61. The van der Waals surface area contributed by atoms with E-state index in [0.717, 1.165) is 16.6 Å². The quantitative estimate of drug-likeness (QED) is 0.376. The average molecular weight is 385 g/mol. The summed E-state index contributed by atoms with van der Waals surface area (Å²) < 4.78 is 10.1. The van der Waals surface area contributed by atoms with Crippen molar-refractivity contribution >= 4 is 44.8 Å². The second-order valence-corrected chi connectivity index (χ2v) is 6.84. The highest BCUT2D eigenvalue weighted by Crippen LogP contribution is 2.34. The normalized spacial score (nSPS) is 10.8. The van der Waals surface area contributed by atoms with Gasteiger partial charge >= 0.3 is 5.97 Å². The molecule has 0 saturated heterocycles. The monoisotopic (exact) mass is 385 g/mol. The van der Waals surface area contributed by atoms with Crippen LogP contribution in [0.5, 0.6) is 0 Å². The lowest BCUT2D eigenvalue weighted by atomic mass is 10.1. The highest BCUT2D eigenvalue weighted by molar-refractivity contribution is 7.20. The topological polar surface area (TPSA) is 90.4 Å². The minimum atomic E-state index is -0.399. The Balaban J connectivity index is 1.90. The maximum absolute atomic E-state index is 12.3. The van der Waals surface area contributed by atoms with Crippen LogP contribution in [0.4, 0.5) is 11.5 Å². The SMILES string of the molecule is COCCOC(=O)c1sc2ncnc(Nc3ccc(C(C)=O)cc3)c2c1C. The zero-order valence-electron chi connectivity index (χ0n) is 15.2. The van der Waals surface area contributed by atoms with Gasteiger partial charge in [-0.15, -0.1) is 11.3 Å². The van der Waals surface area contributed by atoms with Gasteiger partial charge in [0.15, 0.2) is 5.78 Å². The van der Waals surface area contributed by atoms with E-state index >= 15 is 0 Å². The number of rotatable bonds is 7. The molecule has 27 heavy (non-hydrogen) atoms. The number of hydrogen-bond acceptors (Lipinski definition) is 8. The number of carbonyl (C=O) groups is 2. The minimum Gasteiger partial charge on any atom is -0.459 e. The molecule has 2 heterocycles. The molecular formula is C19H19N3O4S. The van der Waals surface area contributed by atoms with Gasteiger partial charge in [-0.3, -0.25) is 4.79 Å². The lowest BCUT2D eigenvalue weighted by Crippen LogP contribution is -2.09. The Kier molecular flexibility index (Phi) is 5.78. The number of nitrogens with one attached hydrogen (secondary N) is 1. The molecule has 0 spiro atoms. The molecule has 0 fully saturated rings. The third-order valence-electron chi connectivity index (χ3n) is 3.99. The summed E-state index contributed by atoms with van der Waals surface area (Å²) in [5, 5.41) is 4.01. The van der Waals surface area contributed by atoms with Crippen molar-refractivity contribution in [3.8, 4) is 0 Å². The smallest absolute Gasteiger partial charge is 0.348 e. The van der Waals surface area contributed by atoms with Gasteiger partial charge in [0.1, 0.15) is 28.5 Å². The second kappa shape index (κ2) is 8.24. The molecule has 140 valence electrons. The molecule has 0 radical (unpaired) electrons. The van der Waals surface area contributed by atoms with Crippen LogP contribution in [-0.4, -0.2) is 42.0 Å². The van der Waals surface area contributed by atoms with Gasteiger partial charge in [-0.2, -0.15) is 0 Å². The number of thiophene rings is 1. The second-order valence-electron chi connectivity index (χ2n) is 5.85. The lowest BCUT2D eigenvalue weighted by Gasteiger charge is -2.08. The molecule has 0 bridgehead atoms. The number of benzene rings is 1. The van der Waals surface area contributed by atoms with Crippen LogP contribution < -0.4 is 5.32 Å². The predicted molar refractivity (Wildman–Crippen MR) is 104 cm³/mol. The van der Waals surface area contributed by atoms with E-state index in [2.05, 4.69) is 15.3 Å². The van der Waals surface area contributed by atoms with Crippen LogP contribution in [0.1, 0.15) is 32.5 Å². The van der Waals surface area contributed by atoms with Crippen molar-refractivity contribution < 1.29 is 19.1 Å². The largest absolute Gasteiger partial charge is 0.459 e. The summed E-state index contributed by atoms with van der Waals surface area (Å²) in [6, 6.07) is 7.13. The molecule has 8 heteroatoms. The molecule has 0 aliphatic carbocycles. The first kappa shape index (κ1) is 18.9. The van der Waals surface area contributed by atoms with E-state index in [1.807, 2.05) is 19.1 Å². The van der Waals surface area contributed by atoms with Gasteiger partial charge < -0.3 is 14.8 Å². The number of ketones is 1. The number of methoxy groups -OCH3 is 1. The van der Waals surface area contributed by atoms with Gasteiger partial charge in [-0.25, -0.2) is 14.8 Å². The molecule has 1 N–H and O–H groups in total. The van der Waals surface area contributed by atoms with E-state index in [0.29, 0.717) is 27.7 Å². The average Bonchev–Trinajstić information content (AvgIpc) is 3.00. The number of ether oxygens (including phenoxy) is 2. The number of Topliss-reactive ketones (excluding diaryl/α,β-unsaturated/α-hetero) is 1. The summed E-state index contributed by atoms with van der Waals surface area (Å²) in [5.74, 6) is 0.209. The van der Waals surface area contributed by atoms with Crippen molar-refractivity contribution in [2.75, 3.05) is 25.6 Å². The fourth-order valence-electron chi connectivity index (χ4n) is 2.57. The standard InChI is InChI=1S/C19H19N3O4S/c1-11-15-17(22-14-6-4-13(5-7-14)12(2)23)20-10-21-18(15)27-16(11)19(24)26-9-8-25-3/h4-7,10H,8-9H2,1-3H3,(H,20,21,22). The Bertz CT molecular complexity index is 983. The van der Waals surface area contributed by atoms with E-state index < -0.39 is 5.97 Å².